The van der Waals surface area contributed by atoms with Gasteiger partial charge in [0, 0.05) is 16.9 Å². The van der Waals surface area contributed by atoms with E-state index in [1.807, 2.05) is 76.2 Å². The molecule has 2 heterocycles. The van der Waals surface area contributed by atoms with E-state index in [0.29, 0.717) is 12.1 Å². The number of nitrogens with zero attached hydrogens (tertiary/aromatic N) is 1. The van der Waals surface area contributed by atoms with Crippen LogP contribution in [0.5, 0.6) is 5.75 Å². The van der Waals surface area contributed by atoms with Crippen LogP contribution in [0.15, 0.2) is 48.5 Å². The first-order chi connectivity index (χ1) is 16.1. The maximum Gasteiger partial charge on any atom is 0.256 e. The molecule has 1 fully saturated rings. The van der Waals surface area contributed by atoms with Crippen LogP contribution in [0.2, 0.25) is 0 Å². The van der Waals surface area contributed by atoms with Crippen LogP contribution in [-0.2, 0) is 16.1 Å². The number of thioether (sulfide) groups is 1. The largest absolute Gasteiger partial charge is 0.497 e. The molecule has 2 aliphatic heterocycles. The predicted molar refractivity (Wildman–Crippen MR) is 132 cm³/mol. The van der Waals surface area contributed by atoms with E-state index in [4.69, 9.17) is 4.74 Å². The Morgan fingerprint density at radius 3 is 2.44 bits per heavy atom. The van der Waals surface area contributed by atoms with Crippen molar-refractivity contribution in [2.75, 3.05) is 7.11 Å². The van der Waals surface area contributed by atoms with Crippen molar-refractivity contribution in [2.24, 2.45) is 5.92 Å². The number of carbonyl (C=O) groups excluding carboxylic acids is 3. The highest BCUT2D eigenvalue weighted by molar-refractivity contribution is 8.01. The maximum atomic E-state index is 13.6. The van der Waals surface area contributed by atoms with Crippen LogP contribution in [0.4, 0.5) is 0 Å². The number of carbonyl (C=O) groups is 3. The minimum atomic E-state index is -0.717. The molecule has 1 saturated heterocycles. The Labute approximate surface area is 204 Å². The molecule has 8 heteroatoms. The van der Waals surface area contributed by atoms with Crippen LogP contribution >= 0.6 is 11.8 Å². The summed E-state index contributed by atoms with van der Waals surface area (Å²) < 4.78 is 4.67. The van der Waals surface area contributed by atoms with Gasteiger partial charge in [-0.05, 0) is 49.1 Å². The van der Waals surface area contributed by atoms with Gasteiger partial charge in [0.1, 0.15) is 23.2 Å². The van der Waals surface area contributed by atoms with Crippen molar-refractivity contribution in [3.05, 3.63) is 65.2 Å². The van der Waals surface area contributed by atoms with Crippen molar-refractivity contribution < 1.29 is 19.1 Å². The molecule has 0 saturated carbocycles. The number of benzene rings is 2. The fraction of sp³-hybridized carbons (Fsp3) is 0.423. The summed E-state index contributed by atoms with van der Waals surface area (Å²) in [7, 11) is 1.60. The molecule has 0 radical (unpaired) electrons. The predicted octanol–water partition coefficient (Wildman–Crippen LogP) is 3.50. The number of hydrogen-bond donors (Lipinski definition) is 2. The summed E-state index contributed by atoms with van der Waals surface area (Å²) in [6.45, 7) is 8.08. The molecule has 0 aromatic heterocycles. The highest BCUT2D eigenvalue weighted by Gasteiger charge is 2.57. The summed E-state index contributed by atoms with van der Waals surface area (Å²) in [6.07, 6.45) is 0. The molecule has 2 aromatic carbocycles. The number of ether oxygens (including phenoxy) is 1. The minimum Gasteiger partial charge on any atom is -0.497 e. The van der Waals surface area contributed by atoms with Gasteiger partial charge in [-0.2, -0.15) is 0 Å². The quantitative estimate of drug-likeness (QED) is 0.632. The van der Waals surface area contributed by atoms with Gasteiger partial charge in [0.05, 0.1) is 7.11 Å². The third kappa shape index (κ3) is 4.39. The van der Waals surface area contributed by atoms with Crippen molar-refractivity contribution >= 4 is 29.5 Å². The summed E-state index contributed by atoms with van der Waals surface area (Å²) >= 11 is 1.61. The molecule has 3 amide bonds. The summed E-state index contributed by atoms with van der Waals surface area (Å²) in [4.78, 5) is 41.4. The second-order valence-corrected chi connectivity index (χ2v) is 11.3. The van der Waals surface area contributed by atoms with Crippen LogP contribution in [0.3, 0.4) is 0 Å². The second kappa shape index (κ2) is 9.33. The highest BCUT2D eigenvalue weighted by atomic mass is 32.2. The van der Waals surface area contributed by atoms with Crippen molar-refractivity contribution in [1.29, 1.82) is 0 Å². The molecule has 4 rings (SSSR count). The molecular formula is C26H31N3O4S. The molecule has 2 aromatic rings. The number of rotatable bonds is 7. The lowest BCUT2D eigenvalue weighted by molar-refractivity contribution is -0.132. The first-order valence-electron chi connectivity index (χ1n) is 11.4. The van der Waals surface area contributed by atoms with Crippen LogP contribution in [0, 0.1) is 5.92 Å². The monoisotopic (exact) mass is 481 g/mol. The van der Waals surface area contributed by atoms with Gasteiger partial charge in [-0.1, -0.05) is 44.2 Å². The normalized spacial score (nSPS) is 21.1. The number of hydrogen-bond acceptors (Lipinski definition) is 5. The van der Waals surface area contributed by atoms with E-state index in [1.54, 1.807) is 23.8 Å². The summed E-state index contributed by atoms with van der Waals surface area (Å²) in [6, 6.07) is 13.6. The van der Waals surface area contributed by atoms with Crippen LogP contribution in [0.25, 0.3) is 0 Å². The average molecular weight is 482 g/mol. The first-order valence-corrected chi connectivity index (χ1v) is 12.3. The number of methoxy groups -OCH3 is 1. The summed E-state index contributed by atoms with van der Waals surface area (Å²) in [5, 5.41) is 5.68. The number of fused-ring (bicyclic) bond motifs is 3. The molecule has 7 nitrogen and oxygen atoms in total. The Morgan fingerprint density at radius 1 is 1.12 bits per heavy atom. The van der Waals surface area contributed by atoms with E-state index >= 15 is 0 Å². The average Bonchev–Trinajstić information content (AvgIpc) is 3.24. The molecular weight excluding hydrogens is 450 g/mol. The van der Waals surface area contributed by atoms with Crippen LogP contribution in [-0.4, -0.2) is 46.6 Å². The topological polar surface area (TPSA) is 87.7 Å². The Morgan fingerprint density at radius 2 is 1.79 bits per heavy atom. The van der Waals surface area contributed by atoms with Crippen molar-refractivity contribution in [3.63, 3.8) is 0 Å². The van der Waals surface area contributed by atoms with Crippen molar-refractivity contribution in [3.8, 4) is 5.75 Å². The van der Waals surface area contributed by atoms with E-state index < -0.39 is 16.8 Å². The zero-order valence-corrected chi connectivity index (χ0v) is 20.9. The first kappa shape index (κ1) is 24.1. The Balaban J connectivity index is 1.47. The second-order valence-electron chi connectivity index (χ2n) is 9.57. The Bertz CT molecular complexity index is 1100. The van der Waals surface area contributed by atoms with Gasteiger partial charge in [0.15, 0.2) is 0 Å². The molecule has 0 bridgehead atoms. The fourth-order valence-electron chi connectivity index (χ4n) is 4.61. The lowest BCUT2D eigenvalue weighted by Gasteiger charge is -2.32. The van der Waals surface area contributed by atoms with Crippen LogP contribution in [0.1, 0.15) is 54.6 Å². The van der Waals surface area contributed by atoms with Gasteiger partial charge in [0.2, 0.25) is 11.8 Å². The van der Waals surface area contributed by atoms with Gasteiger partial charge >= 0.3 is 0 Å². The summed E-state index contributed by atoms with van der Waals surface area (Å²) in [5.41, 5.74) is 2.52. The molecule has 0 unspecified atom stereocenters. The van der Waals surface area contributed by atoms with E-state index in [9.17, 15) is 14.4 Å². The van der Waals surface area contributed by atoms with Gasteiger partial charge in [-0.15, -0.1) is 11.8 Å². The standard InChI is InChI=1S/C26H31N3O4S/c1-15(2)20(22(30)27-14-16-10-12-17(33-5)13-11-16)28-23(31)21-26(3,4)34-25-19-9-7-6-8-18(19)24(32)29(21)25/h6-13,15,20-21,25H,14H2,1-5H3,(H,27,30)(H,28,31)/t20-,21+,25-/m0/s1. The lowest BCUT2D eigenvalue weighted by Crippen LogP contribution is -2.58. The van der Waals surface area contributed by atoms with Crippen molar-refractivity contribution in [2.45, 2.75) is 56.4 Å². The maximum absolute atomic E-state index is 13.6. The zero-order valence-electron chi connectivity index (χ0n) is 20.1. The van der Waals surface area contributed by atoms with E-state index in [-0.39, 0.29) is 29.0 Å². The van der Waals surface area contributed by atoms with Gasteiger partial charge in [0.25, 0.3) is 5.91 Å². The van der Waals surface area contributed by atoms with E-state index in [0.717, 1.165) is 16.9 Å². The zero-order chi connectivity index (χ0) is 24.6. The van der Waals surface area contributed by atoms with E-state index in [2.05, 4.69) is 10.6 Å². The van der Waals surface area contributed by atoms with Gasteiger partial charge < -0.3 is 20.3 Å². The number of amides is 3. The minimum absolute atomic E-state index is 0.126. The van der Waals surface area contributed by atoms with Gasteiger partial charge in [-0.25, -0.2) is 0 Å². The number of nitrogens with one attached hydrogen (secondary N) is 2. The fourth-order valence-corrected chi connectivity index (χ4v) is 6.20. The third-order valence-corrected chi connectivity index (χ3v) is 7.95. The smallest absolute Gasteiger partial charge is 0.256 e. The molecule has 2 aliphatic rings. The highest BCUT2D eigenvalue weighted by Crippen LogP contribution is 2.56. The van der Waals surface area contributed by atoms with Crippen molar-refractivity contribution in [1.82, 2.24) is 15.5 Å². The Hall–Kier alpha value is -3.00. The molecule has 0 spiro atoms. The Kier molecular flexibility index (Phi) is 6.62. The molecule has 0 aliphatic carbocycles. The summed E-state index contributed by atoms with van der Waals surface area (Å²) in [5.74, 6) is -0.0749. The SMILES string of the molecule is COc1ccc(CNC(=O)[C@@H](NC(=O)[C@H]2N3C(=O)c4ccccc4[C@@H]3SC2(C)C)C(C)C)cc1. The van der Waals surface area contributed by atoms with E-state index in [1.165, 1.54) is 0 Å². The third-order valence-electron chi connectivity index (χ3n) is 6.42. The molecule has 180 valence electrons. The molecule has 3 atom stereocenters. The van der Waals surface area contributed by atoms with Gasteiger partial charge in [-0.3, -0.25) is 14.4 Å². The lowest BCUT2D eigenvalue weighted by atomic mass is 9.98. The molecule has 2 N–H and O–H groups in total. The van der Waals surface area contributed by atoms with Crippen LogP contribution < -0.4 is 15.4 Å². The molecule has 34 heavy (non-hydrogen) atoms.